The van der Waals surface area contributed by atoms with Crippen molar-refractivity contribution >= 4 is 52.2 Å². The van der Waals surface area contributed by atoms with Crippen LogP contribution in [0, 0.1) is 0 Å². The Hall–Kier alpha value is -3.09. The van der Waals surface area contributed by atoms with Gasteiger partial charge in [0.05, 0.1) is 16.3 Å². The molecule has 2 heterocycles. The minimum absolute atomic E-state index is 0.115. The maximum absolute atomic E-state index is 13.0. The normalized spacial score (nSPS) is 16.5. The lowest BCUT2D eigenvalue weighted by molar-refractivity contribution is -0.113. The third-order valence-corrected chi connectivity index (χ3v) is 5.15. The summed E-state index contributed by atoms with van der Waals surface area (Å²) in [7, 11) is 1.58. The highest BCUT2D eigenvalue weighted by molar-refractivity contribution is 6.51. The van der Waals surface area contributed by atoms with E-state index in [9.17, 15) is 14.4 Å². The lowest BCUT2D eigenvalue weighted by atomic mass is 9.95. The average molecular weight is 414 g/mol. The summed E-state index contributed by atoms with van der Waals surface area (Å²) < 4.78 is 0. The van der Waals surface area contributed by atoms with Crippen molar-refractivity contribution < 1.29 is 9.59 Å². The molecule has 6 nitrogen and oxygen atoms in total. The molecule has 0 aliphatic carbocycles. The predicted octanol–water partition coefficient (Wildman–Crippen LogP) is 1.85. The van der Waals surface area contributed by atoms with Crippen molar-refractivity contribution in [3.63, 3.8) is 0 Å². The Balaban J connectivity index is 2.05. The molecule has 0 bridgehead atoms. The number of carbonyl (C=O) groups excluding carboxylic acids is 2. The number of aromatic nitrogens is 2. The number of H-pyrrole nitrogens is 2. The lowest BCUT2D eigenvalue weighted by Crippen LogP contribution is -2.44. The van der Waals surface area contributed by atoms with Crippen LogP contribution in [-0.2, 0) is 4.79 Å². The lowest BCUT2D eigenvalue weighted by Gasteiger charge is -2.25. The van der Waals surface area contributed by atoms with E-state index in [1.807, 2.05) is 0 Å². The third-order valence-electron chi connectivity index (χ3n) is 4.58. The highest BCUT2D eigenvalue weighted by atomic mass is 35.5. The molecule has 3 aromatic rings. The molecule has 0 saturated carbocycles. The van der Waals surface area contributed by atoms with E-state index >= 15 is 0 Å². The van der Waals surface area contributed by atoms with Crippen molar-refractivity contribution in [2.24, 2.45) is 0 Å². The highest BCUT2D eigenvalue weighted by Gasteiger charge is 2.33. The fourth-order valence-corrected chi connectivity index (χ4v) is 3.63. The van der Waals surface area contributed by atoms with E-state index in [4.69, 9.17) is 23.2 Å². The summed E-state index contributed by atoms with van der Waals surface area (Å²) in [6.07, 6.45) is 1.51. The molecule has 0 unspecified atom stereocenters. The zero-order valence-electron chi connectivity index (χ0n) is 14.5. The van der Waals surface area contributed by atoms with Crippen LogP contribution in [-0.4, -0.2) is 28.9 Å². The Labute approximate surface area is 168 Å². The van der Waals surface area contributed by atoms with Crippen LogP contribution in [0.1, 0.15) is 15.9 Å². The fraction of sp³-hybridized carbons (Fsp3) is 0.0500. The molecular formula is C20H13Cl2N3O3. The maximum atomic E-state index is 13.0. The molecule has 8 heteroatoms. The zero-order chi connectivity index (χ0) is 20.0. The Kier molecular flexibility index (Phi) is 4.45. The van der Waals surface area contributed by atoms with Gasteiger partial charge in [0, 0.05) is 22.7 Å². The maximum Gasteiger partial charge on any atom is 0.271 e. The number of Topliss-reactive ketones (excluding diaryl/α,β-unsaturated/α-hetero) is 1. The van der Waals surface area contributed by atoms with Crippen molar-refractivity contribution in [3.8, 4) is 0 Å². The van der Waals surface area contributed by atoms with E-state index in [0.717, 1.165) is 0 Å². The monoisotopic (exact) mass is 413 g/mol. The SMILES string of the molecule is CN1C(=O)/C(=c2\[nH][nH]c(=O)\c2=C/c2ccc(Cl)cc2Cl)C(=O)c2ccccc21. The first kappa shape index (κ1) is 18.3. The van der Waals surface area contributed by atoms with Gasteiger partial charge in [-0.2, -0.15) is 0 Å². The van der Waals surface area contributed by atoms with Crippen LogP contribution in [0.3, 0.4) is 0 Å². The minimum atomic E-state index is -0.504. The molecule has 1 aliphatic rings. The highest BCUT2D eigenvalue weighted by Crippen LogP contribution is 2.28. The van der Waals surface area contributed by atoms with E-state index in [0.29, 0.717) is 26.9 Å². The van der Waals surface area contributed by atoms with Crippen molar-refractivity contribution in [1.82, 2.24) is 10.2 Å². The largest absolute Gasteiger partial charge is 0.310 e. The number of halogens is 2. The van der Waals surface area contributed by atoms with E-state index in [-0.39, 0.29) is 16.1 Å². The van der Waals surface area contributed by atoms with Gasteiger partial charge in [-0.3, -0.25) is 24.6 Å². The second kappa shape index (κ2) is 6.82. The Morgan fingerprint density at radius 2 is 1.75 bits per heavy atom. The summed E-state index contributed by atoms with van der Waals surface area (Å²) in [4.78, 5) is 39.7. The molecule has 28 heavy (non-hydrogen) atoms. The van der Waals surface area contributed by atoms with Gasteiger partial charge in [-0.05, 0) is 35.9 Å². The Morgan fingerprint density at radius 1 is 1.00 bits per heavy atom. The predicted molar refractivity (Wildman–Crippen MR) is 108 cm³/mol. The van der Waals surface area contributed by atoms with Crippen LogP contribution < -0.4 is 21.0 Å². The molecule has 0 radical (unpaired) electrons. The van der Waals surface area contributed by atoms with Crippen LogP contribution in [0.5, 0.6) is 0 Å². The van der Waals surface area contributed by atoms with Gasteiger partial charge < -0.3 is 4.90 Å². The average Bonchev–Trinajstić information content (AvgIpc) is 3.03. The van der Waals surface area contributed by atoms with Crippen LogP contribution in [0.2, 0.25) is 10.0 Å². The molecular weight excluding hydrogens is 401 g/mol. The number of carbonyl (C=O) groups is 2. The number of aromatic amines is 2. The molecule has 2 aromatic carbocycles. The smallest absolute Gasteiger partial charge is 0.271 e. The second-order valence-corrected chi connectivity index (χ2v) is 7.11. The number of amides is 1. The number of para-hydroxylation sites is 1. The van der Waals surface area contributed by atoms with Crippen molar-refractivity contribution in [2.45, 2.75) is 0 Å². The number of rotatable bonds is 1. The van der Waals surface area contributed by atoms with Crippen LogP contribution in [0.15, 0.2) is 47.3 Å². The molecule has 0 spiro atoms. The van der Waals surface area contributed by atoms with Crippen molar-refractivity contribution in [1.29, 1.82) is 0 Å². The molecule has 1 amide bonds. The topological polar surface area (TPSA) is 86.0 Å². The van der Waals surface area contributed by atoms with Gasteiger partial charge in [0.1, 0.15) is 5.57 Å². The van der Waals surface area contributed by atoms with Crippen LogP contribution >= 0.6 is 23.2 Å². The van der Waals surface area contributed by atoms with Gasteiger partial charge in [-0.25, -0.2) is 0 Å². The molecule has 0 saturated heterocycles. The number of anilines is 1. The van der Waals surface area contributed by atoms with Gasteiger partial charge in [-0.15, -0.1) is 0 Å². The number of hydrogen-bond acceptors (Lipinski definition) is 3. The Bertz CT molecular complexity index is 1320. The molecule has 0 atom stereocenters. The van der Waals surface area contributed by atoms with Gasteiger partial charge in [-0.1, -0.05) is 41.4 Å². The number of nitrogens with zero attached hydrogens (tertiary/aromatic N) is 1. The Morgan fingerprint density at radius 3 is 2.50 bits per heavy atom. The number of benzene rings is 2. The molecule has 140 valence electrons. The van der Waals surface area contributed by atoms with E-state index in [1.54, 1.807) is 49.5 Å². The minimum Gasteiger partial charge on any atom is -0.310 e. The molecule has 1 aromatic heterocycles. The first-order chi connectivity index (χ1) is 13.4. The first-order valence-electron chi connectivity index (χ1n) is 8.28. The van der Waals surface area contributed by atoms with Gasteiger partial charge >= 0.3 is 0 Å². The number of hydrogen-bond donors (Lipinski definition) is 2. The third kappa shape index (κ3) is 2.87. The standard InChI is InChI=1S/C20H13Cl2N3O3/c1-25-15-5-3-2-4-12(15)18(26)16(20(25)28)17-13(19(27)24-23-17)8-10-6-7-11(21)9-14(10)22/h2-9,23H,1H3,(H,24,27)/b13-8-,17-16-. The molecule has 1 aliphatic heterocycles. The number of ketones is 1. The number of nitrogens with one attached hydrogen (secondary N) is 2. The van der Waals surface area contributed by atoms with Gasteiger partial charge in [0.2, 0.25) is 5.78 Å². The fourth-order valence-electron chi connectivity index (χ4n) is 3.16. The molecule has 0 fully saturated rings. The summed E-state index contributed by atoms with van der Waals surface area (Å²) in [5, 5.41) is 6.15. The van der Waals surface area contributed by atoms with E-state index < -0.39 is 17.2 Å². The number of fused-ring (bicyclic) bond motifs is 1. The van der Waals surface area contributed by atoms with Gasteiger partial charge in [0.25, 0.3) is 11.5 Å². The van der Waals surface area contributed by atoms with Gasteiger partial charge in [0.15, 0.2) is 0 Å². The van der Waals surface area contributed by atoms with Crippen molar-refractivity contribution in [2.75, 3.05) is 11.9 Å². The molecule has 4 rings (SSSR count). The van der Waals surface area contributed by atoms with Crippen LogP contribution in [0.25, 0.3) is 11.6 Å². The van der Waals surface area contributed by atoms with Crippen molar-refractivity contribution in [3.05, 3.63) is 84.6 Å². The summed E-state index contributed by atoms with van der Waals surface area (Å²) in [5.41, 5.74) is 0.844. The molecule has 2 N–H and O–H groups in total. The summed E-state index contributed by atoms with van der Waals surface area (Å²) in [5.74, 6) is -0.957. The second-order valence-electron chi connectivity index (χ2n) is 6.26. The summed E-state index contributed by atoms with van der Waals surface area (Å²) in [6.45, 7) is 0. The quantitative estimate of drug-likeness (QED) is 0.638. The van der Waals surface area contributed by atoms with E-state index in [2.05, 4.69) is 10.2 Å². The summed E-state index contributed by atoms with van der Waals surface area (Å²) >= 11 is 12.1. The zero-order valence-corrected chi connectivity index (χ0v) is 16.1. The van der Waals surface area contributed by atoms with Crippen LogP contribution in [0.4, 0.5) is 5.69 Å². The first-order valence-corrected chi connectivity index (χ1v) is 9.03. The van der Waals surface area contributed by atoms with E-state index in [1.165, 1.54) is 11.0 Å². The summed E-state index contributed by atoms with van der Waals surface area (Å²) in [6, 6.07) is 11.6.